The van der Waals surface area contributed by atoms with E-state index in [2.05, 4.69) is 11.0 Å². The summed E-state index contributed by atoms with van der Waals surface area (Å²) in [4.78, 5) is 15.5. The standard InChI is InChI=1S/C26H25N3O3/c1-31-23-14-19-12-13-28(16-20(19)15-24(23)32-2)17-29-26(30)22-11-7-6-10-21(22)25(27-29)18-8-4-3-5-9-18/h3-11,14-15H,12-13,16-17H2,1-2H3. The molecule has 0 radical (unpaired) electrons. The van der Waals surface area contributed by atoms with Crippen LogP contribution in [0.5, 0.6) is 11.5 Å². The van der Waals surface area contributed by atoms with E-state index in [0.717, 1.165) is 47.7 Å². The molecule has 162 valence electrons. The van der Waals surface area contributed by atoms with E-state index in [1.807, 2.05) is 60.7 Å². The molecule has 32 heavy (non-hydrogen) atoms. The summed E-state index contributed by atoms with van der Waals surface area (Å²) >= 11 is 0. The van der Waals surface area contributed by atoms with E-state index in [4.69, 9.17) is 14.6 Å². The molecule has 0 fully saturated rings. The number of rotatable bonds is 5. The average molecular weight is 428 g/mol. The van der Waals surface area contributed by atoms with E-state index in [0.29, 0.717) is 12.1 Å². The summed E-state index contributed by atoms with van der Waals surface area (Å²) < 4.78 is 12.5. The van der Waals surface area contributed by atoms with Crippen molar-refractivity contribution in [2.75, 3.05) is 20.8 Å². The fraction of sp³-hybridized carbons (Fsp3) is 0.231. The second-order valence-corrected chi connectivity index (χ2v) is 7.98. The minimum atomic E-state index is -0.0709. The zero-order valence-electron chi connectivity index (χ0n) is 18.2. The van der Waals surface area contributed by atoms with Gasteiger partial charge in [-0.15, -0.1) is 0 Å². The molecule has 0 spiro atoms. The van der Waals surface area contributed by atoms with Gasteiger partial charge in [0.2, 0.25) is 0 Å². The third-order valence-corrected chi connectivity index (χ3v) is 6.05. The molecule has 1 aliphatic heterocycles. The van der Waals surface area contributed by atoms with Crippen LogP contribution in [0.4, 0.5) is 0 Å². The summed E-state index contributed by atoms with van der Waals surface area (Å²) in [5.41, 5.74) is 4.19. The maximum atomic E-state index is 13.3. The van der Waals surface area contributed by atoms with E-state index in [1.54, 1.807) is 18.9 Å². The van der Waals surface area contributed by atoms with Crippen molar-refractivity contribution in [3.8, 4) is 22.8 Å². The average Bonchev–Trinajstić information content (AvgIpc) is 2.85. The molecule has 6 heteroatoms. The number of methoxy groups -OCH3 is 2. The number of fused-ring (bicyclic) bond motifs is 2. The van der Waals surface area contributed by atoms with Crippen LogP contribution in [0.15, 0.2) is 71.5 Å². The highest BCUT2D eigenvalue weighted by Crippen LogP contribution is 2.33. The SMILES string of the molecule is COc1cc2c(cc1OC)CN(Cn1nc(-c3ccccc3)c3ccccc3c1=O)CC2. The number of hydrogen-bond acceptors (Lipinski definition) is 5. The molecule has 0 saturated carbocycles. The summed E-state index contributed by atoms with van der Waals surface area (Å²) in [5.74, 6) is 1.47. The maximum absolute atomic E-state index is 13.3. The van der Waals surface area contributed by atoms with Gasteiger partial charge in [0, 0.05) is 24.0 Å². The molecule has 2 heterocycles. The Bertz CT molecular complexity index is 1330. The Morgan fingerprint density at radius 2 is 1.53 bits per heavy atom. The van der Waals surface area contributed by atoms with Gasteiger partial charge in [-0.05, 0) is 35.7 Å². The lowest BCUT2D eigenvalue weighted by Crippen LogP contribution is -2.37. The topological polar surface area (TPSA) is 56.6 Å². The summed E-state index contributed by atoms with van der Waals surface area (Å²) in [6.45, 7) is 1.98. The van der Waals surface area contributed by atoms with E-state index in [-0.39, 0.29) is 5.56 Å². The highest BCUT2D eigenvalue weighted by molar-refractivity contribution is 5.93. The first-order chi connectivity index (χ1) is 15.7. The molecule has 0 bridgehead atoms. The van der Waals surface area contributed by atoms with Crippen molar-refractivity contribution in [1.82, 2.24) is 14.7 Å². The molecule has 0 saturated heterocycles. The molecule has 3 aromatic carbocycles. The summed E-state index contributed by atoms with van der Waals surface area (Å²) in [6, 6.07) is 21.8. The number of nitrogens with zero attached hydrogens (tertiary/aromatic N) is 3. The molecule has 1 aromatic heterocycles. The minimum Gasteiger partial charge on any atom is -0.493 e. The van der Waals surface area contributed by atoms with Crippen LogP contribution in [0.3, 0.4) is 0 Å². The van der Waals surface area contributed by atoms with Crippen molar-refractivity contribution < 1.29 is 9.47 Å². The Labute approximate surface area is 186 Å². The molecular formula is C26H25N3O3. The van der Waals surface area contributed by atoms with Gasteiger partial charge in [-0.1, -0.05) is 48.5 Å². The molecule has 5 rings (SSSR count). The molecular weight excluding hydrogens is 402 g/mol. The van der Waals surface area contributed by atoms with Crippen molar-refractivity contribution in [2.24, 2.45) is 0 Å². The number of hydrogen-bond donors (Lipinski definition) is 0. The fourth-order valence-electron chi connectivity index (χ4n) is 4.39. The van der Waals surface area contributed by atoms with Crippen LogP contribution in [0.1, 0.15) is 11.1 Å². The van der Waals surface area contributed by atoms with Gasteiger partial charge in [-0.25, -0.2) is 4.68 Å². The lowest BCUT2D eigenvalue weighted by molar-refractivity contribution is 0.185. The first-order valence-corrected chi connectivity index (χ1v) is 10.7. The van der Waals surface area contributed by atoms with Crippen molar-refractivity contribution >= 4 is 10.8 Å². The molecule has 6 nitrogen and oxygen atoms in total. The molecule has 4 aromatic rings. The first kappa shape index (κ1) is 20.3. The Morgan fingerprint density at radius 3 is 2.25 bits per heavy atom. The van der Waals surface area contributed by atoms with Gasteiger partial charge in [-0.3, -0.25) is 9.69 Å². The van der Waals surface area contributed by atoms with Gasteiger partial charge in [0.1, 0.15) is 0 Å². The van der Waals surface area contributed by atoms with E-state index >= 15 is 0 Å². The number of aromatic nitrogens is 2. The minimum absolute atomic E-state index is 0.0709. The van der Waals surface area contributed by atoms with Crippen molar-refractivity contribution in [3.63, 3.8) is 0 Å². The Morgan fingerprint density at radius 1 is 0.875 bits per heavy atom. The predicted molar refractivity (Wildman–Crippen MR) is 125 cm³/mol. The van der Waals surface area contributed by atoms with Gasteiger partial charge >= 0.3 is 0 Å². The van der Waals surface area contributed by atoms with Crippen molar-refractivity contribution in [3.05, 3.63) is 88.2 Å². The third kappa shape index (κ3) is 3.63. The largest absolute Gasteiger partial charge is 0.493 e. The molecule has 0 amide bonds. The molecule has 0 N–H and O–H groups in total. The van der Waals surface area contributed by atoms with Crippen LogP contribution < -0.4 is 15.0 Å². The van der Waals surface area contributed by atoms with E-state index in [9.17, 15) is 4.79 Å². The quantitative estimate of drug-likeness (QED) is 0.480. The number of benzene rings is 3. The van der Waals surface area contributed by atoms with Crippen LogP contribution in [0.25, 0.3) is 22.0 Å². The molecule has 0 aliphatic carbocycles. The van der Waals surface area contributed by atoms with Gasteiger partial charge < -0.3 is 9.47 Å². The van der Waals surface area contributed by atoms with Crippen LogP contribution >= 0.6 is 0 Å². The maximum Gasteiger partial charge on any atom is 0.275 e. The van der Waals surface area contributed by atoms with Crippen LogP contribution in [-0.4, -0.2) is 35.4 Å². The summed E-state index contributed by atoms with van der Waals surface area (Å²) in [7, 11) is 3.30. The Hall–Kier alpha value is -3.64. The van der Waals surface area contributed by atoms with Crippen LogP contribution in [0.2, 0.25) is 0 Å². The van der Waals surface area contributed by atoms with Crippen molar-refractivity contribution in [2.45, 2.75) is 19.6 Å². The normalized spacial score (nSPS) is 13.7. The molecule has 0 atom stereocenters. The Kier molecular flexibility index (Phi) is 5.37. The molecule has 0 unspecified atom stereocenters. The smallest absolute Gasteiger partial charge is 0.275 e. The van der Waals surface area contributed by atoms with E-state index < -0.39 is 0 Å². The van der Waals surface area contributed by atoms with E-state index in [1.165, 1.54) is 11.1 Å². The Balaban J connectivity index is 1.51. The van der Waals surface area contributed by atoms with Crippen LogP contribution in [-0.2, 0) is 19.6 Å². The summed E-state index contributed by atoms with van der Waals surface area (Å²) in [5, 5.41) is 6.36. The second kappa shape index (κ2) is 8.48. The first-order valence-electron chi connectivity index (χ1n) is 10.7. The number of ether oxygens (including phenoxy) is 2. The molecule has 1 aliphatic rings. The highest BCUT2D eigenvalue weighted by atomic mass is 16.5. The van der Waals surface area contributed by atoms with Gasteiger partial charge in [0.25, 0.3) is 5.56 Å². The third-order valence-electron chi connectivity index (χ3n) is 6.05. The highest BCUT2D eigenvalue weighted by Gasteiger charge is 2.21. The van der Waals surface area contributed by atoms with Gasteiger partial charge in [0.15, 0.2) is 11.5 Å². The zero-order valence-corrected chi connectivity index (χ0v) is 18.2. The summed E-state index contributed by atoms with van der Waals surface area (Å²) in [6.07, 6.45) is 0.879. The van der Waals surface area contributed by atoms with Gasteiger partial charge in [0.05, 0.1) is 32.0 Å². The van der Waals surface area contributed by atoms with Gasteiger partial charge in [-0.2, -0.15) is 5.10 Å². The predicted octanol–water partition coefficient (Wildman–Crippen LogP) is 4.10. The monoisotopic (exact) mass is 427 g/mol. The zero-order chi connectivity index (χ0) is 22.1. The lowest BCUT2D eigenvalue weighted by Gasteiger charge is -2.29. The fourth-order valence-corrected chi connectivity index (χ4v) is 4.39. The lowest BCUT2D eigenvalue weighted by atomic mass is 9.99. The van der Waals surface area contributed by atoms with Crippen molar-refractivity contribution in [1.29, 1.82) is 0 Å². The van der Waals surface area contributed by atoms with Crippen LogP contribution in [0, 0.1) is 0 Å². The second-order valence-electron chi connectivity index (χ2n) is 7.98.